The smallest absolute Gasteiger partial charge is 0.152 e. The molecule has 6 heteroatoms. The molecule has 0 saturated heterocycles. The van der Waals surface area contributed by atoms with Crippen molar-refractivity contribution in [3.8, 4) is 0 Å². The van der Waals surface area contributed by atoms with Crippen molar-refractivity contribution in [2.24, 2.45) is 0 Å². The fraction of sp³-hybridized carbons (Fsp3) is 0.467. The minimum absolute atomic E-state index is 0.478. The monoisotopic (exact) mass is 349 g/mol. The number of rotatable bonds is 4. The molecule has 0 fully saturated rings. The van der Waals surface area contributed by atoms with E-state index in [1.165, 1.54) is 11.3 Å². The number of benzene rings is 1. The Balaban J connectivity index is 1.85. The van der Waals surface area contributed by atoms with Crippen LogP contribution in [0.4, 0.5) is 5.69 Å². The third-order valence-electron chi connectivity index (χ3n) is 3.73. The highest BCUT2D eigenvalue weighted by molar-refractivity contribution is 9.10. The van der Waals surface area contributed by atoms with Gasteiger partial charge in [0.05, 0.1) is 6.54 Å². The molecule has 1 aromatic heterocycles. The maximum Gasteiger partial charge on any atom is 0.152 e. The van der Waals surface area contributed by atoms with Crippen molar-refractivity contribution < 1.29 is 0 Å². The standard InChI is InChI=1S/C15H20BrN5/c1-11(2)17-8-12-3-4-13(16)7-14(12)20-5-6-21-10-18-19-15(21)9-20/h3-4,7,10-11,17H,5-6,8-9H2,1-2H3. The molecule has 5 nitrogen and oxygen atoms in total. The predicted molar refractivity (Wildman–Crippen MR) is 87.2 cm³/mol. The van der Waals surface area contributed by atoms with Crippen LogP contribution >= 0.6 is 15.9 Å². The van der Waals surface area contributed by atoms with E-state index in [-0.39, 0.29) is 0 Å². The van der Waals surface area contributed by atoms with Crippen LogP contribution in [0.15, 0.2) is 29.0 Å². The van der Waals surface area contributed by atoms with Crippen LogP contribution in [0.3, 0.4) is 0 Å². The van der Waals surface area contributed by atoms with Gasteiger partial charge in [0.2, 0.25) is 0 Å². The Labute approximate surface area is 133 Å². The van der Waals surface area contributed by atoms with Gasteiger partial charge in [-0.15, -0.1) is 10.2 Å². The van der Waals surface area contributed by atoms with E-state index in [1.54, 1.807) is 0 Å². The van der Waals surface area contributed by atoms with Gasteiger partial charge in [-0.25, -0.2) is 0 Å². The molecule has 0 unspecified atom stereocenters. The summed E-state index contributed by atoms with van der Waals surface area (Å²) >= 11 is 3.59. The molecule has 0 spiro atoms. The van der Waals surface area contributed by atoms with Crippen molar-refractivity contribution in [3.05, 3.63) is 40.4 Å². The first-order chi connectivity index (χ1) is 10.1. The number of nitrogens with zero attached hydrogens (tertiary/aromatic N) is 4. The van der Waals surface area contributed by atoms with Gasteiger partial charge in [0, 0.05) is 35.8 Å². The van der Waals surface area contributed by atoms with Crippen molar-refractivity contribution in [1.82, 2.24) is 20.1 Å². The Hall–Kier alpha value is -1.40. The summed E-state index contributed by atoms with van der Waals surface area (Å²) in [5.41, 5.74) is 2.59. The second-order valence-electron chi connectivity index (χ2n) is 5.67. The van der Waals surface area contributed by atoms with Crippen LogP contribution in [0.2, 0.25) is 0 Å². The molecule has 3 rings (SSSR count). The molecule has 0 amide bonds. The lowest BCUT2D eigenvalue weighted by Gasteiger charge is -2.31. The highest BCUT2D eigenvalue weighted by Crippen LogP contribution is 2.28. The van der Waals surface area contributed by atoms with Gasteiger partial charge in [-0.1, -0.05) is 35.8 Å². The topological polar surface area (TPSA) is 46.0 Å². The predicted octanol–water partition coefficient (Wildman–Crippen LogP) is 2.56. The first-order valence-electron chi connectivity index (χ1n) is 7.27. The van der Waals surface area contributed by atoms with Crippen LogP contribution in [0, 0.1) is 0 Å². The quantitative estimate of drug-likeness (QED) is 0.921. The Morgan fingerprint density at radius 3 is 3.00 bits per heavy atom. The van der Waals surface area contributed by atoms with Gasteiger partial charge in [-0.05, 0) is 17.7 Å². The first kappa shape index (κ1) is 14.5. The number of anilines is 1. The fourth-order valence-electron chi connectivity index (χ4n) is 2.57. The van der Waals surface area contributed by atoms with E-state index in [4.69, 9.17) is 0 Å². The third-order valence-corrected chi connectivity index (χ3v) is 4.22. The van der Waals surface area contributed by atoms with Crippen LogP contribution in [-0.4, -0.2) is 27.4 Å². The summed E-state index contributed by atoms with van der Waals surface area (Å²) in [6, 6.07) is 6.97. The molecular formula is C15H20BrN5. The van der Waals surface area contributed by atoms with E-state index < -0.39 is 0 Å². The zero-order valence-corrected chi connectivity index (χ0v) is 14.0. The number of hydrogen-bond acceptors (Lipinski definition) is 4. The average molecular weight is 350 g/mol. The Kier molecular flexibility index (Phi) is 4.26. The summed E-state index contributed by atoms with van der Waals surface area (Å²) in [6.45, 7) is 7.94. The lowest BCUT2D eigenvalue weighted by atomic mass is 10.1. The maximum absolute atomic E-state index is 4.20. The van der Waals surface area contributed by atoms with E-state index in [2.05, 4.69) is 73.0 Å². The molecule has 1 N–H and O–H groups in total. The summed E-state index contributed by atoms with van der Waals surface area (Å²) < 4.78 is 3.23. The van der Waals surface area contributed by atoms with E-state index in [0.29, 0.717) is 6.04 Å². The second-order valence-corrected chi connectivity index (χ2v) is 6.59. The van der Waals surface area contributed by atoms with Gasteiger partial charge in [0.25, 0.3) is 0 Å². The minimum atomic E-state index is 0.478. The molecule has 0 atom stereocenters. The van der Waals surface area contributed by atoms with Gasteiger partial charge >= 0.3 is 0 Å². The molecule has 2 aromatic rings. The van der Waals surface area contributed by atoms with Crippen molar-refractivity contribution >= 4 is 21.6 Å². The normalized spacial score (nSPS) is 14.6. The zero-order valence-electron chi connectivity index (χ0n) is 12.4. The molecule has 0 radical (unpaired) electrons. The molecule has 21 heavy (non-hydrogen) atoms. The van der Waals surface area contributed by atoms with E-state index in [1.807, 2.05) is 6.33 Å². The fourth-order valence-corrected chi connectivity index (χ4v) is 2.92. The van der Waals surface area contributed by atoms with Crippen molar-refractivity contribution in [1.29, 1.82) is 0 Å². The second kappa shape index (κ2) is 6.15. The van der Waals surface area contributed by atoms with Gasteiger partial charge in [0.15, 0.2) is 5.82 Å². The average Bonchev–Trinajstić information content (AvgIpc) is 2.93. The minimum Gasteiger partial charge on any atom is -0.362 e. The number of hydrogen-bond donors (Lipinski definition) is 1. The van der Waals surface area contributed by atoms with Crippen molar-refractivity contribution in [2.75, 3.05) is 11.4 Å². The number of halogens is 1. The van der Waals surface area contributed by atoms with E-state index >= 15 is 0 Å². The van der Waals surface area contributed by atoms with Gasteiger partial charge in [-0.3, -0.25) is 0 Å². The first-order valence-corrected chi connectivity index (χ1v) is 8.06. The number of nitrogens with one attached hydrogen (secondary N) is 1. The highest BCUT2D eigenvalue weighted by Gasteiger charge is 2.20. The zero-order chi connectivity index (χ0) is 14.8. The van der Waals surface area contributed by atoms with Crippen LogP contribution in [-0.2, 0) is 19.6 Å². The van der Waals surface area contributed by atoms with E-state index in [9.17, 15) is 0 Å². The van der Waals surface area contributed by atoms with E-state index in [0.717, 1.165) is 36.5 Å². The van der Waals surface area contributed by atoms with Crippen LogP contribution in [0.5, 0.6) is 0 Å². The van der Waals surface area contributed by atoms with Gasteiger partial charge in [-0.2, -0.15) is 0 Å². The van der Waals surface area contributed by atoms with Crippen molar-refractivity contribution in [2.45, 2.75) is 39.5 Å². The summed E-state index contributed by atoms with van der Waals surface area (Å²) in [4.78, 5) is 2.38. The van der Waals surface area contributed by atoms with Gasteiger partial charge in [0.1, 0.15) is 6.33 Å². The third kappa shape index (κ3) is 3.27. The summed E-state index contributed by atoms with van der Waals surface area (Å²) in [6.07, 6.45) is 1.81. The lowest BCUT2D eigenvalue weighted by molar-refractivity contribution is 0.553. The molecular weight excluding hydrogens is 330 g/mol. The molecule has 1 aliphatic heterocycles. The molecule has 0 bridgehead atoms. The van der Waals surface area contributed by atoms with Crippen LogP contribution in [0.1, 0.15) is 25.2 Å². The molecule has 112 valence electrons. The highest BCUT2D eigenvalue weighted by atomic mass is 79.9. The Morgan fingerprint density at radius 1 is 1.33 bits per heavy atom. The molecule has 0 aliphatic carbocycles. The van der Waals surface area contributed by atoms with Crippen LogP contribution < -0.4 is 10.2 Å². The maximum atomic E-state index is 4.20. The lowest BCUT2D eigenvalue weighted by Crippen LogP contribution is -2.34. The molecule has 1 aliphatic rings. The Morgan fingerprint density at radius 2 is 2.19 bits per heavy atom. The largest absolute Gasteiger partial charge is 0.362 e. The molecule has 2 heterocycles. The Bertz CT molecular complexity index is 622. The molecule has 0 saturated carbocycles. The summed E-state index contributed by atoms with van der Waals surface area (Å²) in [5, 5.41) is 11.7. The SMILES string of the molecule is CC(C)NCc1ccc(Br)cc1N1CCn2cnnc2C1. The summed E-state index contributed by atoms with van der Waals surface area (Å²) in [5.74, 6) is 1.03. The number of aromatic nitrogens is 3. The number of fused-ring (bicyclic) bond motifs is 1. The molecule has 1 aromatic carbocycles. The van der Waals surface area contributed by atoms with Gasteiger partial charge < -0.3 is 14.8 Å². The summed E-state index contributed by atoms with van der Waals surface area (Å²) in [7, 11) is 0. The van der Waals surface area contributed by atoms with Crippen molar-refractivity contribution in [3.63, 3.8) is 0 Å². The van der Waals surface area contributed by atoms with Crippen LogP contribution in [0.25, 0.3) is 0 Å².